The number of sulfonamides is 1. The summed E-state index contributed by atoms with van der Waals surface area (Å²) in [5, 5.41) is 9.07. The molecule has 0 aromatic heterocycles. The van der Waals surface area contributed by atoms with E-state index in [1.807, 2.05) is 6.92 Å². The zero-order valence-corrected chi connectivity index (χ0v) is 12.6. The minimum Gasteiger partial charge on any atom is -0.212 e. The van der Waals surface area contributed by atoms with E-state index in [0.717, 1.165) is 25.7 Å². The molecule has 4 nitrogen and oxygen atoms in total. The Labute approximate surface area is 121 Å². The third-order valence-corrected chi connectivity index (χ3v) is 5.75. The van der Waals surface area contributed by atoms with Gasteiger partial charge in [0.05, 0.1) is 17.4 Å². The van der Waals surface area contributed by atoms with Gasteiger partial charge in [-0.15, -0.1) is 0 Å². The van der Waals surface area contributed by atoms with Gasteiger partial charge in [0, 0.05) is 12.6 Å². The van der Waals surface area contributed by atoms with Crippen molar-refractivity contribution < 1.29 is 8.42 Å². The molecule has 1 aromatic carbocycles. The molecule has 0 spiro atoms. The number of rotatable bonds is 4. The molecular weight excluding hydrogens is 272 g/mol. The van der Waals surface area contributed by atoms with Crippen molar-refractivity contribution in [2.24, 2.45) is 0 Å². The normalized spacial score (nSPS) is 20.5. The van der Waals surface area contributed by atoms with E-state index in [2.05, 4.69) is 6.07 Å². The summed E-state index contributed by atoms with van der Waals surface area (Å²) in [5.74, 6) is -0.0762. The highest BCUT2D eigenvalue weighted by Gasteiger charge is 2.31. The van der Waals surface area contributed by atoms with Gasteiger partial charge in [-0.1, -0.05) is 31.5 Å². The van der Waals surface area contributed by atoms with E-state index in [-0.39, 0.29) is 11.8 Å². The first kappa shape index (κ1) is 15.0. The molecule has 0 amide bonds. The molecule has 5 heteroatoms. The van der Waals surface area contributed by atoms with Gasteiger partial charge in [0.25, 0.3) is 0 Å². The Kier molecular flexibility index (Phi) is 4.79. The Morgan fingerprint density at radius 2 is 2.10 bits per heavy atom. The van der Waals surface area contributed by atoms with Crippen LogP contribution in [0, 0.1) is 11.3 Å². The highest BCUT2D eigenvalue weighted by Crippen LogP contribution is 2.25. The smallest absolute Gasteiger partial charge is 0.212 e. The van der Waals surface area contributed by atoms with Crippen LogP contribution in [0.1, 0.15) is 43.7 Å². The molecule has 0 radical (unpaired) electrons. The van der Waals surface area contributed by atoms with Crippen molar-refractivity contribution in [1.29, 1.82) is 5.26 Å². The largest absolute Gasteiger partial charge is 0.218 e. The lowest BCUT2D eigenvalue weighted by molar-refractivity contribution is 0.246. The molecule has 1 fully saturated rings. The molecule has 2 rings (SSSR count). The van der Waals surface area contributed by atoms with E-state index in [0.29, 0.717) is 17.7 Å². The van der Waals surface area contributed by atoms with Gasteiger partial charge in [0.15, 0.2) is 0 Å². The number of hydrogen-bond acceptors (Lipinski definition) is 3. The second-order valence-electron chi connectivity index (χ2n) is 5.19. The molecule has 108 valence electrons. The number of hydrogen-bond donors (Lipinski definition) is 0. The van der Waals surface area contributed by atoms with Crippen molar-refractivity contribution in [3.05, 3.63) is 35.4 Å². The van der Waals surface area contributed by atoms with E-state index < -0.39 is 10.0 Å². The third kappa shape index (κ3) is 3.20. The summed E-state index contributed by atoms with van der Waals surface area (Å²) in [6.45, 7) is 2.64. The fraction of sp³-hybridized carbons (Fsp3) is 0.533. The van der Waals surface area contributed by atoms with Crippen molar-refractivity contribution in [2.75, 3.05) is 6.54 Å². The highest BCUT2D eigenvalue weighted by atomic mass is 32.2. The van der Waals surface area contributed by atoms with Crippen molar-refractivity contribution in [2.45, 2.75) is 44.4 Å². The fourth-order valence-corrected chi connectivity index (χ4v) is 4.71. The third-order valence-electron chi connectivity index (χ3n) is 3.88. The summed E-state index contributed by atoms with van der Waals surface area (Å²) in [7, 11) is -3.35. The maximum Gasteiger partial charge on any atom is 0.218 e. The lowest BCUT2D eigenvalue weighted by atomic mass is 10.0. The van der Waals surface area contributed by atoms with Crippen LogP contribution in [0.15, 0.2) is 24.3 Å². The van der Waals surface area contributed by atoms with Gasteiger partial charge in [-0.25, -0.2) is 8.42 Å². The number of benzene rings is 1. The average Bonchev–Trinajstić information content (AvgIpc) is 2.47. The van der Waals surface area contributed by atoms with Gasteiger partial charge in [-0.05, 0) is 30.9 Å². The molecule has 1 heterocycles. The van der Waals surface area contributed by atoms with Crippen LogP contribution in [0.4, 0.5) is 0 Å². The zero-order valence-electron chi connectivity index (χ0n) is 11.7. The van der Waals surface area contributed by atoms with Crippen LogP contribution in [0.3, 0.4) is 0 Å². The Morgan fingerprint density at radius 3 is 2.80 bits per heavy atom. The monoisotopic (exact) mass is 292 g/mol. The molecule has 1 aromatic rings. The maximum atomic E-state index is 12.6. The Hall–Kier alpha value is -1.38. The van der Waals surface area contributed by atoms with Crippen LogP contribution in [-0.4, -0.2) is 25.3 Å². The first-order valence-electron chi connectivity index (χ1n) is 7.06. The number of nitriles is 1. The lowest BCUT2D eigenvalue weighted by Crippen LogP contribution is -2.43. The Balaban J connectivity index is 2.24. The lowest BCUT2D eigenvalue weighted by Gasteiger charge is -2.34. The standard InChI is InChI=1S/C15H20N2O2S/c1-2-15-9-5-6-10-17(15)20(18,19)12-14-8-4-3-7-13(14)11-16/h3-4,7-8,15H,2,5-6,9-10,12H2,1H3. The van der Waals surface area contributed by atoms with Gasteiger partial charge < -0.3 is 0 Å². The fourth-order valence-electron chi connectivity index (χ4n) is 2.78. The second kappa shape index (κ2) is 6.38. The quantitative estimate of drug-likeness (QED) is 0.857. The summed E-state index contributed by atoms with van der Waals surface area (Å²) in [5.41, 5.74) is 1.04. The van der Waals surface area contributed by atoms with Crippen LogP contribution in [0.5, 0.6) is 0 Å². The first-order chi connectivity index (χ1) is 9.58. The molecule has 1 unspecified atom stereocenters. The van der Waals surface area contributed by atoms with Crippen LogP contribution in [0.2, 0.25) is 0 Å². The van der Waals surface area contributed by atoms with E-state index in [9.17, 15) is 8.42 Å². The summed E-state index contributed by atoms with van der Waals surface area (Å²) in [4.78, 5) is 0. The van der Waals surface area contributed by atoms with Gasteiger partial charge in [-0.3, -0.25) is 0 Å². The summed E-state index contributed by atoms with van der Waals surface area (Å²) in [6, 6.07) is 9.10. The predicted molar refractivity (Wildman–Crippen MR) is 78.4 cm³/mol. The summed E-state index contributed by atoms with van der Waals surface area (Å²) < 4.78 is 26.9. The van der Waals surface area contributed by atoms with Crippen molar-refractivity contribution in [1.82, 2.24) is 4.31 Å². The van der Waals surface area contributed by atoms with Gasteiger partial charge in [-0.2, -0.15) is 9.57 Å². The second-order valence-corrected chi connectivity index (χ2v) is 7.12. The van der Waals surface area contributed by atoms with Gasteiger partial charge in [0.2, 0.25) is 10.0 Å². The van der Waals surface area contributed by atoms with E-state index >= 15 is 0 Å². The molecule has 0 bridgehead atoms. The molecule has 0 saturated carbocycles. The van der Waals surface area contributed by atoms with E-state index in [1.165, 1.54) is 0 Å². The van der Waals surface area contributed by atoms with E-state index in [1.54, 1.807) is 28.6 Å². The van der Waals surface area contributed by atoms with Crippen molar-refractivity contribution in [3.63, 3.8) is 0 Å². The topological polar surface area (TPSA) is 61.2 Å². The minimum absolute atomic E-state index is 0.0762. The molecular formula is C15H20N2O2S. The zero-order chi connectivity index (χ0) is 14.6. The molecule has 1 saturated heterocycles. The minimum atomic E-state index is -3.35. The van der Waals surface area contributed by atoms with Crippen LogP contribution in [-0.2, 0) is 15.8 Å². The highest BCUT2D eigenvalue weighted by molar-refractivity contribution is 7.88. The van der Waals surface area contributed by atoms with Crippen molar-refractivity contribution >= 4 is 10.0 Å². The van der Waals surface area contributed by atoms with Crippen molar-refractivity contribution in [3.8, 4) is 6.07 Å². The molecule has 1 atom stereocenters. The Morgan fingerprint density at radius 1 is 1.35 bits per heavy atom. The molecule has 1 aliphatic heterocycles. The average molecular weight is 292 g/mol. The van der Waals surface area contributed by atoms with Crippen LogP contribution < -0.4 is 0 Å². The molecule has 0 aliphatic carbocycles. The molecule has 1 aliphatic rings. The number of piperidine rings is 1. The molecule has 20 heavy (non-hydrogen) atoms. The van der Waals surface area contributed by atoms with Gasteiger partial charge in [0.1, 0.15) is 0 Å². The van der Waals surface area contributed by atoms with Crippen LogP contribution in [0.25, 0.3) is 0 Å². The summed E-state index contributed by atoms with van der Waals surface area (Å²) in [6.07, 6.45) is 3.81. The first-order valence-corrected chi connectivity index (χ1v) is 8.67. The number of nitrogens with zero attached hydrogens (tertiary/aromatic N) is 2. The maximum absolute atomic E-state index is 12.6. The molecule has 0 N–H and O–H groups in total. The predicted octanol–water partition coefficient (Wildman–Crippen LogP) is 2.65. The summed E-state index contributed by atoms with van der Waals surface area (Å²) >= 11 is 0. The SMILES string of the molecule is CCC1CCCCN1S(=O)(=O)Cc1ccccc1C#N. The Bertz CT molecular complexity index is 605. The van der Waals surface area contributed by atoms with E-state index in [4.69, 9.17) is 5.26 Å². The van der Waals surface area contributed by atoms with Crippen LogP contribution >= 0.6 is 0 Å². The van der Waals surface area contributed by atoms with Gasteiger partial charge >= 0.3 is 0 Å².